The van der Waals surface area contributed by atoms with Gasteiger partial charge >= 0.3 is 6.03 Å². The summed E-state index contributed by atoms with van der Waals surface area (Å²) in [6.07, 6.45) is 1.06. The fourth-order valence-electron chi connectivity index (χ4n) is 1.50. The highest BCUT2D eigenvalue weighted by atomic mass is 32.2. The van der Waals surface area contributed by atoms with Crippen LogP contribution in [0.3, 0.4) is 0 Å². The van der Waals surface area contributed by atoms with E-state index in [-0.39, 0.29) is 6.03 Å². The molecule has 0 fully saturated rings. The number of methoxy groups -OCH3 is 1. The van der Waals surface area contributed by atoms with E-state index < -0.39 is 0 Å². The predicted octanol–water partition coefficient (Wildman–Crippen LogP) is 4.08. The van der Waals surface area contributed by atoms with Gasteiger partial charge in [0.15, 0.2) is 4.34 Å². The fourth-order valence-corrected chi connectivity index (χ4v) is 3.49. The van der Waals surface area contributed by atoms with Gasteiger partial charge in [0.1, 0.15) is 5.75 Å². The zero-order valence-electron chi connectivity index (χ0n) is 12.6. The van der Waals surface area contributed by atoms with Crippen molar-refractivity contribution in [3.8, 4) is 5.75 Å². The van der Waals surface area contributed by atoms with E-state index in [1.54, 1.807) is 43.1 Å². The zero-order valence-corrected chi connectivity index (χ0v) is 14.3. The van der Waals surface area contributed by atoms with E-state index in [4.69, 9.17) is 4.74 Å². The molecular formula is C14H18N4O2S2. The minimum atomic E-state index is -0.346. The number of aromatic nitrogens is 2. The first-order valence-corrected chi connectivity index (χ1v) is 8.52. The Hall–Kier alpha value is -1.80. The predicted molar refractivity (Wildman–Crippen MR) is 91.2 cm³/mol. The molecular weight excluding hydrogens is 320 g/mol. The van der Waals surface area contributed by atoms with E-state index >= 15 is 0 Å². The molecule has 2 N–H and O–H groups in total. The minimum Gasteiger partial charge on any atom is -0.497 e. The van der Waals surface area contributed by atoms with Crippen molar-refractivity contribution in [1.82, 2.24) is 10.2 Å². The number of urea groups is 1. The maximum absolute atomic E-state index is 11.9. The Morgan fingerprint density at radius 3 is 2.68 bits per heavy atom. The molecule has 0 unspecified atom stereocenters. The van der Waals surface area contributed by atoms with Crippen molar-refractivity contribution >= 4 is 39.9 Å². The van der Waals surface area contributed by atoms with Gasteiger partial charge in [-0.1, -0.05) is 36.9 Å². The van der Waals surface area contributed by atoms with Crippen molar-refractivity contribution in [3.63, 3.8) is 0 Å². The van der Waals surface area contributed by atoms with Crippen molar-refractivity contribution in [1.29, 1.82) is 0 Å². The number of nitrogens with one attached hydrogen (secondary N) is 2. The molecule has 0 saturated heterocycles. The number of ether oxygens (including phenoxy) is 1. The van der Waals surface area contributed by atoms with Crippen LogP contribution in [0, 0.1) is 0 Å². The summed E-state index contributed by atoms with van der Waals surface area (Å²) in [5, 5.41) is 14.4. The van der Waals surface area contributed by atoms with Crippen LogP contribution in [0.5, 0.6) is 5.75 Å². The van der Waals surface area contributed by atoms with E-state index in [1.165, 1.54) is 11.3 Å². The lowest BCUT2D eigenvalue weighted by atomic mass is 10.3. The summed E-state index contributed by atoms with van der Waals surface area (Å²) >= 11 is 3.03. The normalized spacial score (nSPS) is 11.8. The van der Waals surface area contributed by atoms with Crippen LogP contribution in [-0.2, 0) is 0 Å². The van der Waals surface area contributed by atoms with Crippen LogP contribution in [0.1, 0.15) is 20.3 Å². The third kappa shape index (κ3) is 4.88. The van der Waals surface area contributed by atoms with Crippen molar-refractivity contribution in [2.75, 3.05) is 17.7 Å². The number of benzene rings is 1. The molecule has 1 heterocycles. The maximum atomic E-state index is 11.9. The highest BCUT2D eigenvalue weighted by Gasteiger charge is 2.11. The lowest BCUT2D eigenvalue weighted by Crippen LogP contribution is -2.19. The van der Waals surface area contributed by atoms with Crippen LogP contribution in [0.2, 0.25) is 0 Å². The summed E-state index contributed by atoms with van der Waals surface area (Å²) in [5.74, 6) is 0.738. The summed E-state index contributed by atoms with van der Waals surface area (Å²) in [5.41, 5.74) is 0.678. The van der Waals surface area contributed by atoms with Crippen molar-refractivity contribution < 1.29 is 9.53 Å². The summed E-state index contributed by atoms with van der Waals surface area (Å²) in [6, 6.07) is 6.75. The Bertz CT molecular complexity index is 616. The average molecular weight is 338 g/mol. The number of carbonyl (C=O) groups is 1. The Morgan fingerprint density at radius 1 is 1.32 bits per heavy atom. The lowest BCUT2D eigenvalue weighted by Gasteiger charge is -2.06. The van der Waals surface area contributed by atoms with Crippen LogP contribution < -0.4 is 15.4 Å². The highest BCUT2D eigenvalue weighted by molar-refractivity contribution is 8.01. The third-order valence-corrected chi connectivity index (χ3v) is 5.04. The van der Waals surface area contributed by atoms with Gasteiger partial charge in [0.25, 0.3) is 0 Å². The molecule has 2 aromatic rings. The molecule has 2 amide bonds. The first-order chi connectivity index (χ1) is 10.6. The first-order valence-electron chi connectivity index (χ1n) is 6.83. The van der Waals surface area contributed by atoms with Crippen molar-refractivity contribution in [2.45, 2.75) is 29.9 Å². The van der Waals surface area contributed by atoms with E-state index in [9.17, 15) is 4.79 Å². The molecule has 1 atom stereocenters. The number of carbonyl (C=O) groups excluding carboxylic acids is 1. The highest BCUT2D eigenvalue weighted by Crippen LogP contribution is 2.29. The fraction of sp³-hybridized carbons (Fsp3) is 0.357. The van der Waals surface area contributed by atoms with E-state index in [1.807, 2.05) is 0 Å². The van der Waals surface area contributed by atoms with Gasteiger partial charge in [0.2, 0.25) is 5.13 Å². The molecule has 0 radical (unpaired) electrons. The lowest BCUT2D eigenvalue weighted by molar-refractivity contribution is 0.262. The molecule has 0 aliphatic rings. The molecule has 0 aliphatic heterocycles. The van der Waals surface area contributed by atoms with Crippen LogP contribution in [0.15, 0.2) is 28.6 Å². The second-order valence-corrected chi connectivity index (χ2v) is 7.18. The average Bonchev–Trinajstić information content (AvgIpc) is 2.94. The number of hydrogen-bond acceptors (Lipinski definition) is 6. The molecule has 0 bridgehead atoms. The number of amides is 2. The molecule has 8 heteroatoms. The molecule has 22 heavy (non-hydrogen) atoms. The Morgan fingerprint density at radius 2 is 2.05 bits per heavy atom. The topological polar surface area (TPSA) is 76.1 Å². The Labute approximate surface area is 137 Å². The quantitative estimate of drug-likeness (QED) is 0.613. The number of nitrogens with zero attached hydrogens (tertiary/aromatic N) is 2. The van der Waals surface area contributed by atoms with Gasteiger partial charge in [-0.05, 0) is 30.7 Å². The van der Waals surface area contributed by atoms with Gasteiger partial charge in [-0.25, -0.2) is 4.79 Å². The van der Waals surface area contributed by atoms with Crippen LogP contribution in [0.4, 0.5) is 15.6 Å². The molecule has 118 valence electrons. The molecule has 0 saturated carbocycles. The molecule has 2 rings (SSSR count). The Kier molecular flexibility index (Phi) is 6.02. The number of rotatable bonds is 6. The van der Waals surface area contributed by atoms with Gasteiger partial charge < -0.3 is 10.1 Å². The molecule has 0 aliphatic carbocycles. The second-order valence-electron chi connectivity index (χ2n) is 4.52. The van der Waals surface area contributed by atoms with Gasteiger partial charge in [-0.15, -0.1) is 10.2 Å². The minimum absolute atomic E-state index is 0.346. The molecule has 1 aromatic heterocycles. The number of anilines is 2. The summed E-state index contributed by atoms with van der Waals surface area (Å²) in [6.45, 7) is 4.26. The standard InChI is InChI=1S/C14H18N4O2S2/c1-4-9(2)21-14-18-17-13(22-14)16-12(19)15-10-5-7-11(20-3)8-6-10/h5-9H,4H2,1-3H3,(H2,15,16,17,19)/t9-/m0/s1. The van der Waals surface area contributed by atoms with E-state index in [0.717, 1.165) is 16.5 Å². The second kappa shape index (κ2) is 8.00. The first kappa shape index (κ1) is 16.6. The Balaban J connectivity index is 1.88. The van der Waals surface area contributed by atoms with Gasteiger partial charge in [-0.2, -0.15) is 0 Å². The van der Waals surface area contributed by atoms with Crippen LogP contribution in [0.25, 0.3) is 0 Å². The van der Waals surface area contributed by atoms with Crippen molar-refractivity contribution in [2.24, 2.45) is 0 Å². The van der Waals surface area contributed by atoms with Crippen LogP contribution in [-0.4, -0.2) is 28.6 Å². The summed E-state index contributed by atoms with van der Waals surface area (Å²) < 4.78 is 5.92. The van der Waals surface area contributed by atoms with Gasteiger partial charge in [-0.3, -0.25) is 5.32 Å². The largest absolute Gasteiger partial charge is 0.497 e. The zero-order chi connectivity index (χ0) is 15.9. The number of hydrogen-bond donors (Lipinski definition) is 2. The molecule has 6 nitrogen and oxygen atoms in total. The number of thioether (sulfide) groups is 1. The van der Waals surface area contributed by atoms with E-state index in [0.29, 0.717) is 16.1 Å². The third-order valence-electron chi connectivity index (χ3n) is 2.85. The maximum Gasteiger partial charge on any atom is 0.325 e. The van der Waals surface area contributed by atoms with Gasteiger partial charge in [0, 0.05) is 10.9 Å². The summed E-state index contributed by atoms with van der Waals surface area (Å²) in [7, 11) is 1.60. The smallest absolute Gasteiger partial charge is 0.325 e. The van der Waals surface area contributed by atoms with Crippen molar-refractivity contribution in [3.05, 3.63) is 24.3 Å². The summed E-state index contributed by atoms with van der Waals surface area (Å²) in [4.78, 5) is 11.9. The van der Waals surface area contributed by atoms with Crippen LogP contribution >= 0.6 is 23.1 Å². The van der Waals surface area contributed by atoms with E-state index in [2.05, 4.69) is 34.7 Å². The molecule has 0 spiro atoms. The van der Waals surface area contributed by atoms with Gasteiger partial charge in [0.05, 0.1) is 7.11 Å². The monoisotopic (exact) mass is 338 g/mol. The molecule has 1 aromatic carbocycles. The SMILES string of the molecule is CC[C@H](C)Sc1nnc(NC(=O)Nc2ccc(OC)cc2)s1.